The van der Waals surface area contributed by atoms with Crippen LogP contribution in [-0.4, -0.2) is 31.8 Å². The molecule has 1 aliphatic heterocycles. The van der Waals surface area contributed by atoms with Gasteiger partial charge in [0.15, 0.2) is 0 Å². The van der Waals surface area contributed by atoms with E-state index in [4.69, 9.17) is 0 Å². The van der Waals surface area contributed by atoms with Gasteiger partial charge in [0, 0.05) is 53.9 Å². The number of hydrogen-bond acceptors (Lipinski definition) is 4. The molecule has 2 aromatic rings. The maximum Gasteiger partial charge on any atom is 0.134 e. The molecule has 0 amide bonds. The summed E-state index contributed by atoms with van der Waals surface area (Å²) in [4.78, 5) is 0.872. The first-order chi connectivity index (χ1) is 11.6. The predicted octanol–water partition coefficient (Wildman–Crippen LogP) is 2.64. The Morgan fingerprint density at radius 2 is 2.00 bits per heavy atom. The molecule has 0 aliphatic carbocycles. The van der Waals surface area contributed by atoms with E-state index < -0.39 is 10.8 Å². The summed E-state index contributed by atoms with van der Waals surface area (Å²) in [6.07, 6.45) is 7.41. The second-order valence-electron chi connectivity index (χ2n) is 6.44. The average molecular weight is 346 g/mol. The number of aromatic nitrogens is 3. The van der Waals surface area contributed by atoms with Gasteiger partial charge in [-0.15, -0.1) is 10.2 Å². The van der Waals surface area contributed by atoms with E-state index in [2.05, 4.69) is 39.1 Å². The van der Waals surface area contributed by atoms with Gasteiger partial charge in [-0.1, -0.05) is 18.6 Å². The summed E-state index contributed by atoms with van der Waals surface area (Å²) in [7, 11) is -0.917. The molecule has 0 radical (unpaired) electrons. The van der Waals surface area contributed by atoms with Crippen molar-refractivity contribution in [1.29, 1.82) is 0 Å². The minimum atomic E-state index is -0.917. The highest BCUT2D eigenvalue weighted by atomic mass is 32.2. The molecular weight excluding hydrogens is 320 g/mol. The molecule has 1 aliphatic rings. The van der Waals surface area contributed by atoms with Gasteiger partial charge in [0.1, 0.15) is 11.6 Å². The molecule has 6 heteroatoms. The van der Waals surface area contributed by atoms with Crippen molar-refractivity contribution in [1.82, 2.24) is 20.1 Å². The molecule has 2 atom stereocenters. The van der Waals surface area contributed by atoms with Gasteiger partial charge in [-0.25, -0.2) is 0 Å². The maximum absolute atomic E-state index is 11.5. The van der Waals surface area contributed by atoms with Crippen LogP contribution in [0.2, 0.25) is 0 Å². The Hall–Kier alpha value is -1.53. The fraction of sp³-hybridized carbons (Fsp3) is 0.556. The zero-order valence-electron chi connectivity index (χ0n) is 14.5. The predicted molar refractivity (Wildman–Crippen MR) is 96.5 cm³/mol. The molecule has 3 rings (SSSR count). The van der Waals surface area contributed by atoms with Crippen molar-refractivity contribution in [3.05, 3.63) is 41.5 Å². The Balaban J connectivity index is 1.54. The Kier molecular flexibility index (Phi) is 5.79. The molecule has 0 bridgehead atoms. The molecule has 5 nitrogen and oxygen atoms in total. The SMILES string of the molecule is C[C@@H](NCCc1nnc2n1CCCCC2)c1ccc([S@](C)=O)cc1. The lowest BCUT2D eigenvalue weighted by atomic mass is 10.1. The van der Waals surface area contributed by atoms with Crippen molar-refractivity contribution >= 4 is 10.8 Å². The second kappa shape index (κ2) is 8.03. The summed E-state index contributed by atoms with van der Waals surface area (Å²) >= 11 is 0. The minimum Gasteiger partial charge on any atom is -0.315 e. The van der Waals surface area contributed by atoms with E-state index in [-0.39, 0.29) is 6.04 Å². The molecule has 24 heavy (non-hydrogen) atoms. The molecule has 0 spiro atoms. The smallest absolute Gasteiger partial charge is 0.134 e. The molecule has 0 saturated heterocycles. The summed E-state index contributed by atoms with van der Waals surface area (Å²) in [5.74, 6) is 2.25. The van der Waals surface area contributed by atoms with Gasteiger partial charge in [-0.3, -0.25) is 4.21 Å². The number of nitrogens with zero attached hydrogens (tertiary/aromatic N) is 3. The average Bonchev–Trinajstić information content (AvgIpc) is 2.81. The number of hydrogen-bond donors (Lipinski definition) is 1. The van der Waals surface area contributed by atoms with Crippen LogP contribution in [0.4, 0.5) is 0 Å². The van der Waals surface area contributed by atoms with Crippen LogP contribution >= 0.6 is 0 Å². The van der Waals surface area contributed by atoms with Gasteiger partial charge in [0.05, 0.1) is 0 Å². The van der Waals surface area contributed by atoms with E-state index in [1.54, 1.807) is 6.26 Å². The third-order valence-corrected chi connectivity index (χ3v) is 5.63. The lowest BCUT2D eigenvalue weighted by Crippen LogP contribution is -2.22. The first-order valence-corrected chi connectivity index (χ1v) is 10.3. The summed E-state index contributed by atoms with van der Waals surface area (Å²) in [5.41, 5.74) is 1.21. The Morgan fingerprint density at radius 3 is 2.75 bits per heavy atom. The lowest BCUT2D eigenvalue weighted by molar-refractivity contribution is 0.548. The molecule has 0 saturated carbocycles. The standard InChI is InChI=1S/C18H26N4OS/c1-14(15-7-9-16(10-8-15)24(2)23)19-12-11-18-21-20-17-6-4-3-5-13-22(17)18/h7-10,14,19H,3-6,11-13H2,1-2H3/t14-,24+/m1/s1. The van der Waals surface area contributed by atoms with Gasteiger partial charge in [0.2, 0.25) is 0 Å². The number of fused-ring (bicyclic) bond motifs is 1. The van der Waals surface area contributed by atoms with Crippen molar-refractivity contribution in [2.45, 2.75) is 56.5 Å². The van der Waals surface area contributed by atoms with Crippen molar-refractivity contribution in [3.63, 3.8) is 0 Å². The zero-order valence-corrected chi connectivity index (χ0v) is 15.3. The lowest BCUT2D eigenvalue weighted by Gasteiger charge is -2.15. The third-order valence-electron chi connectivity index (χ3n) is 4.70. The molecule has 1 aromatic carbocycles. The van der Waals surface area contributed by atoms with Gasteiger partial charge >= 0.3 is 0 Å². The molecule has 1 aromatic heterocycles. The van der Waals surface area contributed by atoms with E-state index in [0.29, 0.717) is 0 Å². The van der Waals surface area contributed by atoms with Crippen molar-refractivity contribution in [3.8, 4) is 0 Å². The third kappa shape index (κ3) is 4.11. The number of benzene rings is 1. The molecular formula is C18H26N4OS. The number of nitrogens with one attached hydrogen (secondary N) is 1. The van der Waals surface area contributed by atoms with Crippen molar-refractivity contribution < 1.29 is 4.21 Å². The highest BCUT2D eigenvalue weighted by Gasteiger charge is 2.14. The first-order valence-electron chi connectivity index (χ1n) is 8.73. The fourth-order valence-electron chi connectivity index (χ4n) is 3.20. The molecule has 2 heterocycles. The minimum absolute atomic E-state index is 0.260. The molecule has 1 N–H and O–H groups in total. The Morgan fingerprint density at radius 1 is 1.21 bits per heavy atom. The summed E-state index contributed by atoms with van der Waals surface area (Å²) in [5, 5.41) is 12.3. The molecule has 130 valence electrons. The summed E-state index contributed by atoms with van der Waals surface area (Å²) in [6, 6.07) is 8.26. The van der Waals surface area contributed by atoms with Gasteiger partial charge in [-0.05, 0) is 37.5 Å². The fourth-order valence-corrected chi connectivity index (χ4v) is 3.72. The van der Waals surface area contributed by atoms with Crippen LogP contribution in [0.5, 0.6) is 0 Å². The van der Waals surface area contributed by atoms with Gasteiger partial charge in [0.25, 0.3) is 0 Å². The van der Waals surface area contributed by atoms with Crippen LogP contribution in [0.1, 0.15) is 49.4 Å². The van der Waals surface area contributed by atoms with Crippen LogP contribution in [0.15, 0.2) is 29.2 Å². The first kappa shape index (κ1) is 17.3. The molecule has 0 unspecified atom stereocenters. The zero-order chi connectivity index (χ0) is 16.9. The Bertz CT molecular complexity index is 696. The van der Waals surface area contributed by atoms with Gasteiger partial charge < -0.3 is 9.88 Å². The quantitative estimate of drug-likeness (QED) is 0.873. The number of rotatable bonds is 6. The van der Waals surface area contributed by atoms with E-state index in [1.165, 1.54) is 24.8 Å². The number of aryl methyl sites for hydroxylation is 1. The second-order valence-corrected chi connectivity index (χ2v) is 7.82. The monoisotopic (exact) mass is 346 g/mol. The normalized spacial score (nSPS) is 17.1. The van der Waals surface area contributed by atoms with Crippen molar-refractivity contribution in [2.75, 3.05) is 12.8 Å². The Labute approximate surface area is 146 Å². The van der Waals surface area contributed by atoms with Crippen molar-refractivity contribution in [2.24, 2.45) is 0 Å². The van der Waals surface area contributed by atoms with E-state index in [1.807, 2.05) is 12.1 Å². The van der Waals surface area contributed by atoms with E-state index in [9.17, 15) is 4.21 Å². The summed E-state index contributed by atoms with van der Waals surface area (Å²) in [6.45, 7) is 4.09. The highest BCUT2D eigenvalue weighted by molar-refractivity contribution is 7.84. The van der Waals surface area contributed by atoms with Gasteiger partial charge in [-0.2, -0.15) is 0 Å². The van der Waals surface area contributed by atoms with Crippen LogP contribution in [-0.2, 0) is 30.2 Å². The largest absolute Gasteiger partial charge is 0.315 e. The van der Waals surface area contributed by atoms with Crippen LogP contribution in [0.3, 0.4) is 0 Å². The highest BCUT2D eigenvalue weighted by Crippen LogP contribution is 2.16. The van der Waals surface area contributed by atoms with Crippen LogP contribution in [0, 0.1) is 0 Å². The summed E-state index contributed by atoms with van der Waals surface area (Å²) < 4.78 is 13.8. The van der Waals surface area contributed by atoms with Crippen LogP contribution in [0.25, 0.3) is 0 Å². The van der Waals surface area contributed by atoms with E-state index >= 15 is 0 Å². The van der Waals surface area contributed by atoms with E-state index in [0.717, 1.165) is 42.5 Å². The van der Waals surface area contributed by atoms with Crippen LogP contribution < -0.4 is 5.32 Å². The maximum atomic E-state index is 11.5. The topological polar surface area (TPSA) is 59.8 Å². The molecule has 0 fully saturated rings.